The highest BCUT2D eigenvalue weighted by Crippen LogP contribution is 2.37. The summed E-state index contributed by atoms with van der Waals surface area (Å²) in [4.78, 5) is 2.54. The zero-order valence-corrected chi connectivity index (χ0v) is 7.13. The Bertz CT molecular complexity index is 124. The van der Waals surface area contributed by atoms with Crippen molar-refractivity contribution in [3.8, 4) is 0 Å². The molecule has 1 aliphatic carbocycles. The molecule has 0 spiro atoms. The topological polar surface area (TPSA) is 29.3 Å². The molecule has 0 unspecified atom stereocenters. The molecule has 0 aromatic carbocycles. The van der Waals surface area contributed by atoms with Gasteiger partial charge in [0.05, 0.1) is 0 Å². The maximum absolute atomic E-state index is 5.52. The molecule has 0 radical (unpaired) electrons. The number of hydrogen-bond acceptors (Lipinski definition) is 2. The van der Waals surface area contributed by atoms with Gasteiger partial charge < -0.3 is 10.6 Å². The van der Waals surface area contributed by atoms with Crippen LogP contribution in [0.1, 0.15) is 19.3 Å². The molecule has 1 saturated heterocycles. The number of hydrogen-bond donors (Lipinski definition) is 1. The number of likely N-dealkylation sites (tertiary alicyclic amines) is 1. The van der Waals surface area contributed by atoms with E-state index in [0.717, 1.165) is 24.9 Å². The molecule has 1 saturated carbocycles. The third-order valence-corrected chi connectivity index (χ3v) is 3.25. The lowest BCUT2D eigenvalue weighted by atomic mass is 10.0. The third kappa shape index (κ3) is 1.42. The first-order valence-corrected chi connectivity index (χ1v) is 4.82. The van der Waals surface area contributed by atoms with Crippen molar-refractivity contribution in [3.63, 3.8) is 0 Å². The lowest BCUT2D eigenvalue weighted by Gasteiger charge is -2.14. The lowest BCUT2D eigenvalue weighted by molar-refractivity contribution is 0.320. The van der Waals surface area contributed by atoms with Gasteiger partial charge in [0.25, 0.3) is 0 Å². The molecular weight excluding hydrogens is 136 g/mol. The highest BCUT2D eigenvalue weighted by Gasteiger charge is 2.35. The quantitative estimate of drug-likeness (QED) is 0.633. The second kappa shape index (κ2) is 3.11. The van der Waals surface area contributed by atoms with E-state index < -0.39 is 0 Å². The van der Waals surface area contributed by atoms with Crippen LogP contribution in [0.5, 0.6) is 0 Å². The SMILES string of the molecule is NCCN1C[C@H]2CCC[C@@H]2C1. The summed E-state index contributed by atoms with van der Waals surface area (Å²) in [5.41, 5.74) is 5.52. The molecule has 2 aliphatic rings. The van der Waals surface area contributed by atoms with Crippen LogP contribution in [0.25, 0.3) is 0 Å². The van der Waals surface area contributed by atoms with Gasteiger partial charge in [0.1, 0.15) is 0 Å². The Morgan fingerprint density at radius 2 is 1.82 bits per heavy atom. The van der Waals surface area contributed by atoms with Crippen LogP contribution in [0.2, 0.25) is 0 Å². The number of fused-ring (bicyclic) bond motifs is 1. The van der Waals surface area contributed by atoms with E-state index in [1.807, 2.05) is 0 Å². The van der Waals surface area contributed by atoms with E-state index in [9.17, 15) is 0 Å². The summed E-state index contributed by atoms with van der Waals surface area (Å²) in [7, 11) is 0. The first kappa shape index (κ1) is 7.56. The first-order chi connectivity index (χ1) is 5.40. The highest BCUT2D eigenvalue weighted by atomic mass is 15.2. The minimum absolute atomic E-state index is 0.833. The maximum atomic E-state index is 5.52. The first-order valence-electron chi connectivity index (χ1n) is 4.82. The monoisotopic (exact) mass is 154 g/mol. The van der Waals surface area contributed by atoms with Crippen LogP contribution in [0.4, 0.5) is 0 Å². The third-order valence-electron chi connectivity index (χ3n) is 3.25. The minimum atomic E-state index is 0.833. The van der Waals surface area contributed by atoms with Crippen LogP contribution in [0, 0.1) is 11.8 Å². The minimum Gasteiger partial charge on any atom is -0.329 e. The van der Waals surface area contributed by atoms with E-state index >= 15 is 0 Å². The van der Waals surface area contributed by atoms with Crippen molar-refractivity contribution in [3.05, 3.63) is 0 Å². The second-order valence-electron chi connectivity index (χ2n) is 4.00. The van der Waals surface area contributed by atoms with Gasteiger partial charge >= 0.3 is 0 Å². The molecule has 2 nitrogen and oxygen atoms in total. The van der Waals surface area contributed by atoms with Gasteiger partial charge in [-0.3, -0.25) is 0 Å². The normalized spacial score (nSPS) is 37.9. The van der Waals surface area contributed by atoms with Gasteiger partial charge in [-0.1, -0.05) is 6.42 Å². The van der Waals surface area contributed by atoms with E-state index in [4.69, 9.17) is 5.73 Å². The summed E-state index contributed by atoms with van der Waals surface area (Å²) in [6.45, 7) is 4.62. The van der Waals surface area contributed by atoms with Gasteiger partial charge in [0.2, 0.25) is 0 Å². The Morgan fingerprint density at radius 1 is 1.18 bits per heavy atom. The van der Waals surface area contributed by atoms with Crippen LogP contribution in [-0.4, -0.2) is 31.1 Å². The number of nitrogens with zero attached hydrogens (tertiary/aromatic N) is 1. The van der Waals surface area contributed by atoms with Gasteiger partial charge in [0, 0.05) is 26.2 Å². The molecule has 64 valence electrons. The molecule has 0 aromatic heterocycles. The molecule has 0 aromatic rings. The van der Waals surface area contributed by atoms with Gasteiger partial charge in [-0.05, 0) is 24.7 Å². The van der Waals surface area contributed by atoms with Gasteiger partial charge in [-0.25, -0.2) is 0 Å². The molecule has 1 aliphatic heterocycles. The van der Waals surface area contributed by atoms with Gasteiger partial charge in [0.15, 0.2) is 0 Å². The van der Waals surface area contributed by atoms with Gasteiger partial charge in [-0.2, -0.15) is 0 Å². The number of nitrogens with two attached hydrogens (primary N) is 1. The van der Waals surface area contributed by atoms with Crippen molar-refractivity contribution >= 4 is 0 Å². The predicted molar refractivity (Wildman–Crippen MR) is 46.3 cm³/mol. The molecule has 1 heterocycles. The van der Waals surface area contributed by atoms with Gasteiger partial charge in [-0.15, -0.1) is 0 Å². The van der Waals surface area contributed by atoms with Crippen molar-refractivity contribution in [2.75, 3.05) is 26.2 Å². The Morgan fingerprint density at radius 3 is 2.36 bits per heavy atom. The maximum Gasteiger partial charge on any atom is 0.0105 e. The second-order valence-corrected chi connectivity index (χ2v) is 4.00. The summed E-state index contributed by atoms with van der Waals surface area (Å²) >= 11 is 0. The molecule has 2 N–H and O–H groups in total. The van der Waals surface area contributed by atoms with E-state index in [0.29, 0.717) is 0 Å². The summed E-state index contributed by atoms with van der Waals surface area (Å²) in [5.74, 6) is 2.06. The van der Waals surface area contributed by atoms with Crippen molar-refractivity contribution < 1.29 is 0 Å². The van der Waals surface area contributed by atoms with Crippen molar-refractivity contribution in [2.24, 2.45) is 17.6 Å². The predicted octanol–water partition coefficient (Wildman–Crippen LogP) is 0.677. The molecule has 2 rings (SSSR count). The highest BCUT2D eigenvalue weighted by molar-refractivity contribution is 4.88. The fourth-order valence-electron chi connectivity index (χ4n) is 2.70. The fraction of sp³-hybridized carbons (Fsp3) is 1.00. The molecule has 0 bridgehead atoms. The Balaban J connectivity index is 1.84. The summed E-state index contributed by atoms with van der Waals surface area (Å²) in [6, 6.07) is 0. The molecule has 2 atom stereocenters. The van der Waals surface area contributed by atoms with Crippen LogP contribution in [0.15, 0.2) is 0 Å². The molecule has 11 heavy (non-hydrogen) atoms. The number of rotatable bonds is 2. The zero-order chi connectivity index (χ0) is 7.68. The average molecular weight is 154 g/mol. The Hall–Kier alpha value is -0.0800. The van der Waals surface area contributed by atoms with E-state index in [2.05, 4.69) is 4.90 Å². The van der Waals surface area contributed by atoms with Crippen molar-refractivity contribution in [1.29, 1.82) is 0 Å². The fourth-order valence-corrected chi connectivity index (χ4v) is 2.70. The molecule has 0 amide bonds. The largest absolute Gasteiger partial charge is 0.329 e. The zero-order valence-electron chi connectivity index (χ0n) is 7.13. The van der Waals surface area contributed by atoms with Crippen LogP contribution >= 0.6 is 0 Å². The lowest BCUT2D eigenvalue weighted by Crippen LogP contribution is -2.27. The van der Waals surface area contributed by atoms with E-state index in [1.54, 1.807) is 0 Å². The Kier molecular flexibility index (Phi) is 2.14. The molecular formula is C9H18N2. The summed E-state index contributed by atoms with van der Waals surface area (Å²) in [5, 5.41) is 0. The summed E-state index contributed by atoms with van der Waals surface area (Å²) in [6.07, 6.45) is 4.43. The summed E-state index contributed by atoms with van der Waals surface area (Å²) < 4.78 is 0. The van der Waals surface area contributed by atoms with Crippen molar-refractivity contribution in [1.82, 2.24) is 4.90 Å². The van der Waals surface area contributed by atoms with Crippen LogP contribution < -0.4 is 5.73 Å². The Labute approximate surface area is 68.7 Å². The van der Waals surface area contributed by atoms with Crippen LogP contribution in [-0.2, 0) is 0 Å². The van der Waals surface area contributed by atoms with Crippen molar-refractivity contribution in [2.45, 2.75) is 19.3 Å². The van der Waals surface area contributed by atoms with E-state index in [1.165, 1.54) is 32.4 Å². The molecule has 2 heteroatoms. The smallest absolute Gasteiger partial charge is 0.0105 e. The van der Waals surface area contributed by atoms with Crippen LogP contribution in [0.3, 0.4) is 0 Å². The average Bonchev–Trinajstić information content (AvgIpc) is 2.46. The standard InChI is InChI=1S/C9H18N2/c10-4-5-11-6-8-2-1-3-9(8)7-11/h8-9H,1-7,10H2/t8-,9-/m1/s1. The van der Waals surface area contributed by atoms with E-state index in [-0.39, 0.29) is 0 Å². The molecule has 2 fully saturated rings.